The predicted molar refractivity (Wildman–Crippen MR) is 82.6 cm³/mol. The first-order chi connectivity index (χ1) is 9.58. The zero-order valence-electron chi connectivity index (χ0n) is 12.5. The van der Waals surface area contributed by atoms with Crippen LogP contribution in [0.15, 0.2) is 12.3 Å². The van der Waals surface area contributed by atoms with Gasteiger partial charge in [-0.05, 0) is 38.5 Å². The molecule has 0 aliphatic rings. The quantitative estimate of drug-likeness (QED) is 0.560. The highest BCUT2D eigenvalue weighted by atomic mass is 32.2. The van der Waals surface area contributed by atoms with Crippen LogP contribution >= 0.6 is 11.8 Å². The highest BCUT2D eigenvalue weighted by Gasteiger charge is 2.13. The largest absolute Gasteiger partial charge is 0.465 e. The van der Waals surface area contributed by atoms with Gasteiger partial charge in [-0.2, -0.15) is 16.9 Å². The number of carbonyl (C=O) groups is 1. The van der Waals surface area contributed by atoms with E-state index in [0.717, 1.165) is 23.6 Å². The van der Waals surface area contributed by atoms with Crippen molar-refractivity contribution in [3.05, 3.63) is 18.0 Å². The van der Waals surface area contributed by atoms with Crippen molar-refractivity contribution in [1.29, 1.82) is 0 Å². The van der Waals surface area contributed by atoms with E-state index in [0.29, 0.717) is 19.1 Å². The monoisotopic (exact) mass is 299 g/mol. The van der Waals surface area contributed by atoms with Crippen LogP contribution in [0.5, 0.6) is 0 Å². The van der Waals surface area contributed by atoms with Crippen LogP contribution in [0, 0.1) is 0 Å². The first kappa shape index (κ1) is 17.0. The normalized spacial score (nSPS) is 14.0. The minimum Gasteiger partial charge on any atom is -0.465 e. The molecule has 2 unspecified atom stereocenters. The molecule has 0 saturated carbocycles. The molecule has 6 heteroatoms. The Morgan fingerprint density at radius 3 is 2.95 bits per heavy atom. The van der Waals surface area contributed by atoms with Gasteiger partial charge in [0.25, 0.3) is 0 Å². The van der Waals surface area contributed by atoms with E-state index in [4.69, 9.17) is 10.5 Å². The van der Waals surface area contributed by atoms with Crippen LogP contribution in [0.25, 0.3) is 0 Å². The van der Waals surface area contributed by atoms with E-state index in [1.807, 2.05) is 16.9 Å². The van der Waals surface area contributed by atoms with E-state index < -0.39 is 6.04 Å². The average molecular weight is 299 g/mol. The number of nitrogens with zero attached hydrogens (tertiary/aromatic N) is 2. The van der Waals surface area contributed by atoms with E-state index in [1.54, 1.807) is 18.7 Å². The van der Waals surface area contributed by atoms with Crippen molar-refractivity contribution >= 4 is 17.7 Å². The van der Waals surface area contributed by atoms with Crippen molar-refractivity contribution in [2.75, 3.05) is 12.4 Å². The van der Waals surface area contributed by atoms with Gasteiger partial charge in [-0.3, -0.25) is 9.48 Å². The molecule has 1 rings (SSSR count). The lowest BCUT2D eigenvalue weighted by atomic mass is 10.2. The smallest absolute Gasteiger partial charge is 0.322 e. The van der Waals surface area contributed by atoms with E-state index in [-0.39, 0.29) is 5.97 Å². The van der Waals surface area contributed by atoms with Crippen LogP contribution in [0.4, 0.5) is 0 Å². The zero-order valence-corrected chi connectivity index (χ0v) is 13.4. The minimum atomic E-state index is -0.514. The van der Waals surface area contributed by atoms with Crippen LogP contribution < -0.4 is 5.73 Å². The Hall–Kier alpha value is -1.01. The van der Waals surface area contributed by atoms with Crippen molar-refractivity contribution in [2.24, 2.45) is 5.73 Å². The van der Waals surface area contributed by atoms with Gasteiger partial charge in [-0.25, -0.2) is 0 Å². The van der Waals surface area contributed by atoms with Crippen LogP contribution in [0.1, 0.15) is 45.3 Å². The van der Waals surface area contributed by atoms with Crippen molar-refractivity contribution in [3.8, 4) is 0 Å². The third kappa shape index (κ3) is 5.54. The molecule has 0 radical (unpaired) electrons. The lowest BCUT2D eigenvalue weighted by Crippen LogP contribution is -2.32. The van der Waals surface area contributed by atoms with Gasteiger partial charge < -0.3 is 10.5 Å². The van der Waals surface area contributed by atoms with Crippen molar-refractivity contribution < 1.29 is 9.53 Å². The molecule has 114 valence electrons. The minimum absolute atomic E-state index is 0.311. The molecule has 0 spiro atoms. The summed E-state index contributed by atoms with van der Waals surface area (Å²) in [5.41, 5.74) is 6.81. The lowest BCUT2D eigenvalue weighted by Gasteiger charge is -2.10. The Balaban J connectivity index is 2.24. The van der Waals surface area contributed by atoms with Gasteiger partial charge in [0.05, 0.1) is 12.3 Å². The first-order valence-corrected chi connectivity index (χ1v) is 8.27. The molecule has 1 aromatic heterocycles. The number of ether oxygens (including phenoxy) is 1. The molecule has 20 heavy (non-hydrogen) atoms. The van der Waals surface area contributed by atoms with Gasteiger partial charge in [0.1, 0.15) is 6.04 Å². The summed E-state index contributed by atoms with van der Waals surface area (Å²) < 4.78 is 6.87. The topological polar surface area (TPSA) is 70.1 Å². The lowest BCUT2D eigenvalue weighted by molar-refractivity contribution is -0.144. The van der Waals surface area contributed by atoms with E-state index in [2.05, 4.69) is 18.9 Å². The summed E-state index contributed by atoms with van der Waals surface area (Å²) in [6.07, 6.45) is 3.73. The second-order valence-electron chi connectivity index (χ2n) is 4.74. The second-order valence-corrected chi connectivity index (χ2v) is 5.85. The molecule has 1 heterocycles. The van der Waals surface area contributed by atoms with Crippen LogP contribution in [-0.2, 0) is 15.3 Å². The Morgan fingerprint density at radius 2 is 2.30 bits per heavy atom. The Bertz CT molecular complexity index is 409. The summed E-state index contributed by atoms with van der Waals surface area (Å²) in [6, 6.07) is 1.97. The number of aromatic nitrogens is 2. The number of hydrogen-bond acceptors (Lipinski definition) is 5. The molecule has 2 N–H and O–H groups in total. The number of hydrogen-bond donors (Lipinski definition) is 1. The van der Waals surface area contributed by atoms with Crippen LogP contribution in [0.3, 0.4) is 0 Å². The summed E-state index contributed by atoms with van der Waals surface area (Å²) in [7, 11) is 0. The molecule has 0 bridgehead atoms. The fourth-order valence-electron chi connectivity index (χ4n) is 1.64. The maximum atomic E-state index is 11.3. The van der Waals surface area contributed by atoms with Crippen molar-refractivity contribution in [2.45, 2.75) is 51.4 Å². The molecule has 5 nitrogen and oxygen atoms in total. The van der Waals surface area contributed by atoms with Gasteiger partial charge in [-0.15, -0.1) is 0 Å². The molecule has 0 saturated heterocycles. The summed E-state index contributed by atoms with van der Waals surface area (Å²) in [5.74, 6) is 1.36. The van der Waals surface area contributed by atoms with E-state index in [1.165, 1.54) is 0 Å². The molecular weight excluding hydrogens is 274 g/mol. The molecule has 0 amide bonds. The molecule has 1 aromatic rings. The fourth-order valence-corrected chi connectivity index (χ4v) is 2.57. The Labute approximate surface area is 125 Å². The summed E-state index contributed by atoms with van der Waals surface area (Å²) in [5, 5.41) is 4.54. The number of carbonyl (C=O) groups excluding carboxylic acids is 1. The molecule has 0 aliphatic heterocycles. The maximum Gasteiger partial charge on any atom is 0.322 e. The Morgan fingerprint density at radius 1 is 1.55 bits per heavy atom. The highest BCUT2D eigenvalue weighted by molar-refractivity contribution is 7.98. The molecular formula is C14H25N3O2S. The number of thioether (sulfide) groups is 1. The van der Waals surface area contributed by atoms with Gasteiger partial charge >= 0.3 is 5.97 Å². The van der Waals surface area contributed by atoms with E-state index in [9.17, 15) is 4.79 Å². The van der Waals surface area contributed by atoms with Crippen LogP contribution in [-0.4, -0.2) is 34.2 Å². The molecule has 0 aliphatic carbocycles. The van der Waals surface area contributed by atoms with E-state index >= 15 is 0 Å². The Kier molecular flexibility index (Phi) is 7.69. The molecule has 2 atom stereocenters. The van der Waals surface area contributed by atoms with Crippen molar-refractivity contribution in [1.82, 2.24) is 9.78 Å². The average Bonchev–Trinajstić information content (AvgIpc) is 2.91. The number of rotatable bonds is 9. The summed E-state index contributed by atoms with van der Waals surface area (Å²) >= 11 is 1.74. The van der Waals surface area contributed by atoms with Crippen LogP contribution in [0.2, 0.25) is 0 Å². The standard InChI is InChI=1S/C14H25N3O2S/c1-4-11(3)17-8-6-12(16-17)10-20-9-7-13(15)14(18)19-5-2/h6,8,11,13H,4-5,7,9-10,15H2,1-3H3. The third-order valence-corrected chi connectivity index (χ3v) is 4.14. The summed E-state index contributed by atoms with van der Waals surface area (Å²) in [6.45, 7) is 6.47. The summed E-state index contributed by atoms with van der Waals surface area (Å²) in [4.78, 5) is 11.3. The highest BCUT2D eigenvalue weighted by Crippen LogP contribution is 2.15. The molecule has 0 aromatic carbocycles. The first-order valence-electron chi connectivity index (χ1n) is 7.12. The van der Waals surface area contributed by atoms with Gasteiger partial charge in [0.2, 0.25) is 0 Å². The predicted octanol–water partition coefficient (Wildman–Crippen LogP) is 2.37. The van der Waals surface area contributed by atoms with Gasteiger partial charge in [0, 0.05) is 18.0 Å². The van der Waals surface area contributed by atoms with Gasteiger partial charge in [0.15, 0.2) is 0 Å². The zero-order chi connectivity index (χ0) is 15.0. The molecule has 0 fully saturated rings. The second kappa shape index (κ2) is 9.02. The maximum absolute atomic E-state index is 11.3. The number of esters is 1. The van der Waals surface area contributed by atoms with Crippen molar-refractivity contribution in [3.63, 3.8) is 0 Å². The number of nitrogens with two attached hydrogens (primary N) is 1. The van der Waals surface area contributed by atoms with Gasteiger partial charge in [-0.1, -0.05) is 6.92 Å². The SMILES string of the molecule is CCOC(=O)C(N)CCSCc1ccn(C(C)CC)n1. The fraction of sp³-hybridized carbons (Fsp3) is 0.714. The third-order valence-electron chi connectivity index (χ3n) is 3.12.